The van der Waals surface area contributed by atoms with Gasteiger partial charge in [0.2, 0.25) is 0 Å². The zero-order chi connectivity index (χ0) is 13.3. The van der Waals surface area contributed by atoms with Crippen molar-refractivity contribution in [3.05, 3.63) is 0 Å². The molecule has 3 fully saturated rings. The van der Waals surface area contributed by atoms with E-state index in [2.05, 4.69) is 11.8 Å². The summed E-state index contributed by atoms with van der Waals surface area (Å²) in [7, 11) is 0. The summed E-state index contributed by atoms with van der Waals surface area (Å²) in [5.41, 5.74) is 6.58. The minimum absolute atomic E-state index is 0.373. The van der Waals surface area contributed by atoms with Gasteiger partial charge in [0, 0.05) is 18.6 Å². The molecule has 2 bridgehead atoms. The van der Waals surface area contributed by atoms with Crippen molar-refractivity contribution in [3.8, 4) is 0 Å². The molecule has 0 saturated heterocycles. The number of nitrogens with two attached hydrogens (primary N) is 1. The molecule has 3 atom stereocenters. The summed E-state index contributed by atoms with van der Waals surface area (Å²) >= 11 is 0. The number of nitrogens with zero attached hydrogens (tertiary/aromatic N) is 1. The minimum atomic E-state index is 0.373. The largest absolute Gasteiger partial charge is 0.329 e. The highest BCUT2D eigenvalue weighted by Crippen LogP contribution is 2.49. The van der Waals surface area contributed by atoms with E-state index in [0.717, 1.165) is 24.3 Å². The van der Waals surface area contributed by atoms with Gasteiger partial charge >= 0.3 is 0 Å². The molecular weight excluding hydrogens is 232 g/mol. The lowest BCUT2D eigenvalue weighted by Crippen LogP contribution is -2.54. The predicted molar refractivity (Wildman–Crippen MR) is 81.1 cm³/mol. The third kappa shape index (κ3) is 2.58. The van der Waals surface area contributed by atoms with Gasteiger partial charge < -0.3 is 5.73 Å². The van der Waals surface area contributed by atoms with Crippen LogP contribution in [0.25, 0.3) is 0 Å². The molecule has 3 rings (SSSR count). The monoisotopic (exact) mass is 264 g/mol. The van der Waals surface area contributed by atoms with Crippen molar-refractivity contribution in [3.63, 3.8) is 0 Å². The molecule has 0 aromatic rings. The zero-order valence-electron chi connectivity index (χ0n) is 12.7. The lowest BCUT2D eigenvalue weighted by molar-refractivity contribution is 0.0673. The van der Waals surface area contributed by atoms with Crippen molar-refractivity contribution < 1.29 is 0 Å². The molecule has 0 amide bonds. The van der Waals surface area contributed by atoms with Crippen LogP contribution in [0.5, 0.6) is 0 Å². The Hall–Kier alpha value is -0.0800. The fraction of sp³-hybridized carbons (Fsp3) is 1.00. The molecule has 2 heteroatoms. The predicted octanol–water partition coefficient (Wildman–Crippen LogP) is 3.41. The fourth-order valence-electron chi connectivity index (χ4n) is 5.36. The fourth-order valence-corrected chi connectivity index (χ4v) is 5.36. The summed E-state index contributed by atoms with van der Waals surface area (Å²) in [5.74, 6) is 3.13. The van der Waals surface area contributed by atoms with Crippen LogP contribution in [0.2, 0.25) is 0 Å². The van der Waals surface area contributed by atoms with Gasteiger partial charge in [-0.3, -0.25) is 4.90 Å². The first-order chi connectivity index (χ1) is 9.27. The van der Waals surface area contributed by atoms with Crippen molar-refractivity contribution in [2.24, 2.45) is 23.5 Å². The molecule has 3 aliphatic rings. The Bertz CT molecular complexity index is 296. The molecule has 110 valence electrons. The number of rotatable bonds is 6. The van der Waals surface area contributed by atoms with Gasteiger partial charge in [-0.1, -0.05) is 26.2 Å². The lowest BCUT2D eigenvalue weighted by Gasteiger charge is -2.43. The summed E-state index contributed by atoms with van der Waals surface area (Å²) in [6.45, 7) is 5.83. The maximum atomic E-state index is 6.21. The molecule has 0 radical (unpaired) electrons. The highest BCUT2D eigenvalue weighted by Gasteiger charge is 2.44. The normalized spacial score (nSPS) is 36.5. The molecule has 0 heterocycles. The Balaban J connectivity index is 1.66. The molecule has 0 aliphatic heterocycles. The average Bonchev–Trinajstić information content (AvgIpc) is 3.15. The Labute approximate surface area is 119 Å². The summed E-state index contributed by atoms with van der Waals surface area (Å²) in [4.78, 5) is 2.82. The SMILES string of the molecule is CCCN(CC1CC2CCC1C2)C1(CN)CCCC1. The Kier molecular flexibility index (Phi) is 4.19. The minimum Gasteiger partial charge on any atom is -0.329 e. The van der Waals surface area contributed by atoms with Crippen LogP contribution in [0.3, 0.4) is 0 Å². The topological polar surface area (TPSA) is 29.3 Å². The van der Waals surface area contributed by atoms with E-state index in [4.69, 9.17) is 5.73 Å². The van der Waals surface area contributed by atoms with Gasteiger partial charge in [0.05, 0.1) is 0 Å². The van der Waals surface area contributed by atoms with Crippen LogP contribution < -0.4 is 5.73 Å². The van der Waals surface area contributed by atoms with Gasteiger partial charge in [-0.05, 0) is 62.8 Å². The first-order valence-corrected chi connectivity index (χ1v) is 8.72. The molecule has 0 spiro atoms. The molecule has 0 aromatic carbocycles. The van der Waals surface area contributed by atoms with Crippen molar-refractivity contribution in [1.29, 1.82) is 0 Å². The molecule has 2 nitrogen and oxygen atoms in total. The van der Waals surface area contributed by atoms with E-state index < -0.39 is 0 Å². The second-order valence-electron chi connectivity index (χ2n) is 7.52. The molecular formula is C17H32N2. The summed E-state index contributed by atoms with van der Waals surface area (Å²) in [6, 6.07) is 0. The standard InChI is InChI=1S/C17H32N2/c1-2-9-19(17(13-18)7-3-4-8-17)12-16-11-14-5-6-15(16)10-14/h14-16H,2-13,18H2,1H3. The van der Waals surface area contributed by atoms with Gasteiger partial charge in [0.1, 0.15) is 0 Å². The number of fused-ring (bicyclic) bond motifs is 2. The van der Waals surface area contributed by atoms with E-state index in [0.29, 0.717) is 5.54 Å². The van der Waals surface area contributed by atoms with Gasteiger partial charge in [0.25, 0.3) is 0 Å². The molecule has 3 aliphatic carbocycles. The van der Waals surface area contributed by atoms with Gasteiger partial charge in [-0.15, -0.1) is 0 Å². The molecule has 0 aromatic heterocycles. The van der Waals surface area contributed by atoms with Crippen LogP contribution in [0.4, 0.5) is 0 Å². The highest BCUT2D eigenvalue weighted by molar-refractivity contribution is 4.99. The Morgan fingerprint density at radius 2 is 1.95 bits per heavy atom. The van der Waals surface area contributed by atoms with Gasteiger partial charge in [-0.2, -0.15) is 0 Å². The zero-order valence-corrected chi connectivity index (χ0v) is 12.7. The number of hydrogen-bond donors (Lipinski definition) is 1. The van der Waals surface area contributed by atoms with E-state index in [9.17, 15) is 0 Å². The molecule has 3 saturated carbocycles. The van der Waals surface area contributed by atoms with Crippen LogP contribution in [-0.4, -0.2) is 30.1 Å². The van der Waals surface area contributed by atoms with E-state index >= 15 is 0 Å². The quantitative estimate of drug-likeness (QED) is 0.796. The lowest BCUT2D eigenvalue weighted by atomic mass is 9.86. The third-order valence-electron chi connectivity index (χ3n) is 6.42. The van der Waals surface area contributed by atoms with Gasteiger partial charge in [0.15, 0.2) is 0 Å². The Morgan fingerprint density at radius 3 is 2.47 bits per heavy atom. The van der Waals surface area contributed by atoms with Crippen LogP contribution in [-0.2, 0) is 0 Å². The average molecular weight is 264 g/mol. The third-order valence-corrected chi connectivity index (χ3v) is 6.42. The van der Waals surface area contributed by atoms with E-state index in [1.165, 1.54) is 64.5 Å². The van der Waals surface area contributed by atoms with Crippen molar-refractivity contribution in [2.45, 2.75) is 70.3 Å². The van der Waals surface area contributed by atoms with E-state index in [1.807, 2.05) is 0 Å². The van der Waals surface area contributed by atoms with Gasteiger partial charge in [-0.25, -0.2) is 0 Å². The summed E-state index contributed by atoms with van der Waals surface area (Å²) in [6.07, 6.45) is 12.9. The number of hydrogen-bond acceptors (Lipinski definition) is 2. The summed E-state index contributed by atoms with van der Waals surface area (Å²) in [5, 5.41) is 0. The Morgan fingerprint density at radius 1 is 1.16 bits per heavy atom. The first-order valence-electron chi connectivity index (χ1n) is 8.72. The smallest absolute Gasteiger partial charge is 0.0331 e. The molecule has 2 N–H and O–H groups in total. The van der Waals surface area contributed by atoms with Crippen LogP contribution in [0.1, 0.15) is 64.7 Å². The molecule has 3 unspecified atom stereocenters. The van der Waals surface area contributed by atoms with E-state index in [1.54, 1.807) is 6.42 Å². The molecule has 19 heavy (non-hydrogen) atoms. The highest BCUT2D eigenvalue weighted by atomic mass is 15.2. The maximum Gasteiger partial charge on any atom is 0.0331 e. The van der Waals surface area contributed by atoms with Crippen LogP contribution >= 0.6 is 0 Å². The van der Waals surface area contributed by atoms with E-state index in [-0.39, 0.29) is 0 Å². The second kappa shape index (κ2) is 5.73. The van der Waals surface area contributed by atoms with Crippen molar-refractivity contribution >= 4 is 0 Å². The second-order valence-corrected chi connectivity index (χ2v) is 7.52. The van der Waals surface area contributed by atoms with Crippen LogP contribution in [0, 0.1) is 17.8 Å². The maximum absolute atomic E-state index is 6.21. The first kappa shape index (κ1) is 13.9. The van der Waals surface area contributed by atoms with Crippen LogP contribution in [0.15, 0.2) is 0 Å². The van der Waals surface area contributed by atoms with Crippen molar-refractivity contribution in [2.75, 3.05) is 19.6 Å². The van der Waals surface area contributed by atoms with Crippen molar-refractivity contribution in [1.82, 2.24) is 4.90 Å². The summed E-state index contributed by atoms with van der Waals surface area (Å²) < 4.78 is 0.